The first-order chi connectivity index (χ1) is 7.09. The van der Waals surface area contributed by atoms with Crippen LogP contribution in [0.15, 0.2) is 9.79 Å². The van der Waals surface area contributed by atoms with E-state index in [-0.39, 0.29) is 17.5 Å². The predicted molar refractivity (Wildman–Crippen MR) is 59.9 cm³/mol. The van der Waals surface area contributed by atoms with E-state index in [0.717, 1.165) is 0 Å². The molecule has 0 atom stereocenters. The fraction of sp³-hybridized carbons (Fsp3) is 0.444. The molecule has 0 fully saturated rings. The Morgan fingerprint density at radius 3 is 3.00 bits per heavy atom. The molecule has 0 bridgehead atoms. The molecule has 0 aliphatic carbocycles. The van der Waals surface area contributed by atoms with Crippen molar-refractivity contribution in [3.63, 3.8) is 0 Å². The molecule has 0 radical (unpaired) electrons. The summed E-state index contributed by atoms with van der Waals surface area (Å²) in [6.07, 6.45) is 1.70. The minimum absolute atomic E-state index is 0.126. The standard InChI is InChI=1S/C9H13N5O/c1-5(2)14-4-3-11-6-7(14)12-9(10)13-8(6)15/h3,5H,4H2,1-2H3,(H3,10,12,13,15). The van der Waals surface area contributed by atoms with Gasteiger partial charge in [0, 0.05) is 12.3 Å². The molecule has 15 heavy (non-hydrogen) atoms. The van der Waals surface area contributed by atoms with Gasteiger partial charge in [0.25, 0.3) is 5.56 Å². The summed E-state index contributed by atoms with van der Waals surface area (Å²) >= 11 is 0. The van der Waals surface area contributed by atoms with Gasteiger partial charge in [-0.1, -0.05) is 0 Å². The van der Waals surface area contributed by atoms with Crippen molar-refractivity contribution < 1.29 is 0 Å². The number of rotatable bonds is 1. The van der Waals surface area contributed by atoms with Crippen LogP contribution in [-0.2, 0) is 0 Å². The lowest BCUT2D eigenvalue weighted by Crippen LogP contribution is -2.36. The van der Waals surface area contributed by atoms with E-state index in [1.807, 2.05) is 18.7 Å². The summed E-state index contributed by atoms with van der Waals surface area (Å²) in [5.41, 5.74) is 5.54. The first-order valence-corrected chi connectivity index (χ1v) is 4.78. The van der Waals surface area contributed by atoms with Crippen molar-refractivity contribution in [2.45, 2.75) is 19.9 Å². The van der Waals surface area contributed by atoms with Gasteiger partial charge in [-0.25, -0.2) is 4.99 Å². The summed E-state index contributed by atoms with van der Waals surface area (Å²) in [6.45, 7) is 4.71. The number of nitrogens with one attached hydrogen (secondary N) is 1. The quantitative estimate of drug-likeness (QED) is 0.692. The van der Waals surface area contributed by atoms with Crippen LogP contribution in [0, 0.1) is 0 Å². The van der Waals surface area contributed by atoms with Crippen LogP contribution in [0.3, 0.4) is 0 Å². The molecule has 0 saturated heterocycles. The molecule has 0 saturated carbocycles. The number of nitrogens with two attached hydrogens (primary N) is 1. The number of H-pyrrole nitrogens is 1. The fourth-order valence-electron chi connectivity index (χ4n) is 1.55. The zero-order valence-electron chi connectivity index (χ0n) is 8.69. The highest BCUT2D eigenvalue weighted by atomic mass is 16.1. The lowest BCUT2D eigenvalue weighted by atomic mass is 10.2. The van der Waals surface area contributed by atoms with Crippen LogP contribution in [0.5, 0.6) is 0 Å². The Morgan fingerprint density at radius 2 is 2.33 bits per heavy atom. The summed E-state index contributed by atoms with van der Waals surface area (Å²) in [4.78, 5) is 24.1. The largest absolute Gasteiger partial charge is 0.369 e. The SMILES string of the molecule is CC(C)N1CC=Nc2c1nc(N)[nH]c2=O. The van der Waals surface area contributed by atoms with E-state index in [1.165, 1.54) is 0 Å². The molecule has 1 aliphatic heterocycles. The first kappa shape index (κ1) is 9.70. The van der Waals surface area contributed by atoms with E-state index in [0.29, 0.717) is 18.1 Å². The zero-order valence-corrected chi connectivity index (χ0v) is 8.69. The lowest BCUT2D eigenvalue weighted by Gasteiger charge is -2.29. The molecule has 80 valence electrons. The minimum Gasteiger partial charge on any atom is -0.369 e. The Hall–Kier alpha value is -1.85. The Morgan fingerprint density at radius 1 is 1.60 bits per heavy atom. The summed E-state index contributed by atoms with van der Waals surface area (Å²) < 4.78 is 0. The van der Waals surface area contributed by atoms with Crippen molar-refractivity contribution in [3.8, 4) is 0 Å². The van der Waals surface area contributed by atoms with Crippen LogP contribution in [0.1, 0.15) is 13.8 Å². The van der Waals surface area contributed by atoms with E-state index in [9.17, 15) is 4.79 Å². The van der Waals surface area contributed by atoms with Gasteiger partial charge in [-0.05, 0) is 13.8 Å². The van der Waals surface area contributed by atoms with Gasteiger partial charge < -0.3 is 10.6 Å². The molecule has 0 unspecified atom stereocenters. The van der Waals surface area contributed by atoms with Gasteiger partial charge in [0.2, 0.25) is 5.95 Å². The Labute approximate surface area is 86.8 Å². The third-order valence-corrected chi connectivity index (χ3v) is 2.29. The number of anilines is 2. The Bertz CT molecular complexity index is 462. The summed E-state index contributed by atoms with van der Waals surface area (Å²) in [6, 6.07) is 0.254. The molecule has 1 aromatic heterocycles. The minimum atomic E-state index is -0.292. The van der Waals surface area contributed by atoms with E-state index < -0.39 is 0 Å². The van der Waals surface area contributed by atoms with E-state index in [4.69, 9.17) is 5.73 Å². The fourth-order valence-corrected chi connectivity index (χ4v) is 1.55. The molecule has 1 aromatic rings. The van der Waals surface area contributed by atoms with Crippen molar-refractivity contribution in [2.75, 3.05) is 17.2 Å². The maximum Gasteiger partial charge on any atom is 0.280 e. The van der Waals surface area contributed by atoms with Crippen molar-refractivity contribution in [1.29, 1.82) is 0 Å². The van der Waals surface area contributed by atoms with Gasteiger partial charge in [0.1, 0.15) is 0 Å². The number of hydrogen-bond acceptors (Lipinski definition) is 5. The van der Waals surface area contributed by atoms with Crippen LogP contribution < -0.4 is 16.2 Å². The summed E-state index contributed by atoms with van der Waals surface area (Å²) in [5.74, 6) is 0.690. The van der Waals surface area contributed by atoms with Crippen LogP contribution >= 0.6 is 0 Å². The van der Waals surface area contributed by atoms with Gasteiger partial charge in [-0.15, -0.1) is 0 Å². The topological polar surface area (TPSA) is 87.4 Å². The molecule has 1 aliphatic rings. The average molecular weight is 207 g/mol. The molecule has 0 amide bonds. The summed E-state index contributed by atoms with van der Waals surface area (Å²) in [5, 5.41) is 0. The number of aromatic amines is 1. The maximum atomic E-state index is 11.5. The van der Waals surface area contributed by atoms with Crippen LogP contribution in [0.25, 0.3) is 0 Å². The van der Waals surface area contributed by atoms with Gasteiger partial charge in [0.15, 0.2) is 11.5 Å². The van der Waals surface area contributed by atoms with E-state index >= 15 is 0 Å². The molecular weight excluding hydrogens is 194 g/mol. The predicted octanol–water partition coefficient (Wildman–Crippen LogP) is 0.283. The second-order valence-electron chi connectivity index (χ2n) is 3.68. The average Bonchev–Trinajstić information content (AvgIpc) is 2.16. The van der Waals surface area contributed by atoms with E-state index in [2.05, 4.69) is 15.0 Å². The van der Waals surface area contributed by atoms with Crippen LogP contribution in [0.2, 0.25) is 0 Å². The Balaban J connectivity index is 2.62. The van der Waals surface area contributed by atoms with Crippen molar-refractivity contribution in [2.24, 2.45) is 4.99 Å². The lowest BCUT2D eigenvalue weighted by molar-refractivity contribution is 0.718. The number of aliphatic imine (C=N–C) groups is 1. The molecule has 0 aromatic carbocycles. The molecule has 3 N–H and O–H groups in total. The summed E-state index contributed by atoms with van der Waals surface area (Å²) in [7, 11) is 0. The zero-order chi connectivity index (χ0) is 11.0. The molecule has 6 nitrogen and oxygen atoms in total. The third kappa shape index (κ3) is 1.58. The highest BCUT2D eigenvalue weighted by molar-refractivity contribution is 5.79. The number of nitrogen functional groups attached to an aromatic ring is 1. The van der Waals surface area contributed by atoms with Crippen LogP contribution in [-0.4, -0.2) is 28.8 Å². The van der Waals surface area contributed by atoms with Gasteiger partial charge >= 0.3 is 0 Å². The number of hydrogen-bond donors (Lipinski definition) is 2. The number of fused-ring (bicyclic) bond motifs is 1. The van der Waals surface area contributed by atoms with Gasteiger partial charge in [-0.2, -0.15) is 4.98 Å². The van der Waals surface area contributed by atoms with E-state index in [1.54, 1.807) is 6.21 Å². The van der Waals surface area contributed by atoms with Crippen molar-refractivity contribution in [1.82, 2.24) is 9.97 Å². The molecule has 2 heterocycles. The Kier molecular flexibility index (Phi) is 2.18. The third-order valence-electron chi connectivity index (χ3n) is 2.29. The molecule has 0 spiro atoms. The highest BCUT2D eigenvalue weighted by Crippen LogP contribution is 2.26. The monoisotopic (exact) mass is 207 g/mol. The molecular formula is C9H13N5O. The molecule has 2 rings (SSSR count). The van der Waals surface area contributed by atoms with Gasteiger partial charge in [0.05, 0.1) is 6.54 Å². The smallest absolute Gasteiger partial charge is 0.280 e. The van der Waals surface area contributed by atoms with Gasteiger partial charge in [-0.3, -0.25) is 9.78 Å². The second kappa shape index (κ2) is 3.38. The normalized spacial score (nSPS) is 14.5. The molecule has 6 heteroatoms. The first-order valence-electron chi connectivity index (χ1n) is 4.78. The highest BCUT2D eigenvalue weighted by Gasteiger charge is 2.21. The number of aromatic nitrogens is 2. The van der Waals surface area contributed by atoms with Crippen LogP contribution in [0.4, 0.5) is 17.5 Å². The van der Waals surface area contributed by atoms with Crippen molar-refractivity contribution in [3.05, 3.63) is 10.4 Å². The van der Waals surface area contributed by atoms with Crippen molar-refractivity contribution >= 4 is 23.7 Å². The maximum absolute atomic E-state index is 11.5. The number of nitrogens with zero attached hydrogens (tertiary/aromatic N) is 3. The second-order valence-corrected chi connectivity index (χ2v) is 3.68.